The molecule has 4 N–H and O–H groups in total. The lowest BCUT2D eigenvalue weighted by molar-refractivity contribution is 0.0658. The van der Waals surface area contributed by atoms with Crippen LogP contribution in [0.1, 0.15) is 64.5 Å². The first-order chi connectivity index (χ1) is 20.4. The summed E-state index contributed by atoms with van der Waals surface area (Å²) >= 11 is 0. The summed E-state index contributed by atoms with van der Waals surface area (Å²) in [6.45, 7) is 2.07. The van der Waals surface area contributed by atoms with Gasteiger partial charge in [-0.1, -0.05) is 31.0 Å². The highest BCUT2D eigenvalue weighted by molar-refractivity contribution is 6.09. The summed E-state index contributed by atoms with van der Waals surface area (Å²) in [4.78, 5) is 52.0. The number of aromatic amines is 3. The van der Waals surface area contributed by atoms with Crippen molar-refractivity contribution < 1.29 is 13.9 Å². The molecule has 6 rings (SSSR count). The summed E-state index contributed by atoms with van der Waals surface area (Å²) in [5.74, 6) is 0.197. The van der Waals surface area contributed by atoms with Gasteiger partial charge in [-0.15, -0.1) is 0 Å². The van der Waals surface area contributed by atoms with E-state index in [-0.39, 0.29) is 28.4 Å². The summed E-state index contributed by atoms with van der Waals surface area (Å²) in [6, 6.07) is 12.1. The quantitative estimate of drug-likeness (QED) is 0.228. The Hall–Kier alpha value is -4.41. The Morgan fingerprint density at radius 3 is 2.50 bits per heavy atom. The van der Waals surface area contributed by atoms with Gasteiger partial charge >= 0.3 is 0 Å². The highest BCUT2D eigenvalue weighted by atomic mass is 19.1. The van der Waals surface area contributed by atoms with Crippen molar-refractivity contribution in [1.82, 2.24) is 25.3 Å². The average molecular weight is 570 g/mol. The van der Waals surface area contributed by atoms with E-state index in [0.717, 1.165) is 31.0 Å². The molecule has 2 unspecified atom stereocenters. The van der Waals surface area contributed by atoms with E-state index in [9.17, 15) is 18.8 Å². The topological polar surface area (TPSA) is 133 Å². The zero-order chi connectivity index (χ0) is 29.1. The predicted molar refractivity (Wildman–Crippen MR) is 156 cm³/mol. The number of carbonyl (C=O) groups excluding carboxylic acids is 1. The number of aromatic nitrogens is 4. The van der Waals surface area contributed by atoms with E-state index in [1.165, 1.54) is 43.2 Å². The van der Waals surface area contributed by atoms with Crippen LogP contribution >= 0.6 is 0 Å². The van der Waals surface area contributed by atoms with Crippen LogP contribution in [0.3, 0.4) is 0 Å². The first-order valence-corrected chi connectivity index (χ1v) is 14.3. The lowest BCUT2D eigenvalue weighted by atomic mass is 9.89. The Kier molecular flexibility index (Phi) is 8.07. The fourth-order valence-corrected chi connectivity index (χ4v) is 5.48. The van der Waals surface area contributed by atoms with E-state index in [4.69, 9.17) is 4.74 Å². The monoisotopic (exact) mass is 569 g/mol. The number of morpholine rings is 1. The van der Waals surface area contributed by atoms with Crippen molar-refractivity contribution in [1.29, 1.82) is 0 Å². The number of nitrogens with zero attached hydrogens (tertiary/aromatic N) is 1. The molecule has 2 fully saturated rings. The number of nitrogens with one attached hydrogen (secondary N) is 4. The number of ether oxygens (including phenoxy) is 1. The van der Waals surface area contributed by atoms with E-state index in [1.807, 2.05) is 0 Å². The van der Waals surface area contributed by atoms with Crippen LogP contribution in [0.5, 0.6) is 0 Å². The molecule has 2 aromatic carbocycles. The van der Waals surface area contributed by atoms with E-state index < -0.39 is 16.9 Å². The molecule has 0 spiro atoms. The maximum absolute atomic E-state index is 13.3. The number of H-pyrrole nitrogens is 3. The zero-order valence-electron chi connectivity index (χ0n) is 23.0. The van der Waals surface area contributed by atoms with Crippen molar-refractivity contribution in [2.45, 2.75) is 37.6 Å². The summed E-state index contributed by atoms with van der Waals surface area (Å²) in [7, 11) is 0. The number of rotatable bonds is 9. The fourth-order valence-electron chi connectivity index (χ4n) is 5.48. The van der Waals surface area contributed by atoms with Gasteiger partial charge in [0, 0.05) is 35.3 Å². The lowest BCUT2D eigenvalue weighted by Gasteiger charge is -2.31. The van der Waals surface area contributed by atoms with Crippen LogP contribution in [0.15, 0.2) is 64.4 Å². The molecule has 216 valence electrons. The van der Waals surface area contributed by atoms with E-state index in [0.29, 0.717) is 35.6 Å². The molecule has 1 saturated heterocycles. The van der Waals surface area contributed by atoms with Crippen molar-refractivity contribution in [2.75, 3.05) is 19.8 Å². The van der Waals surface area contributed by atoms with E-state index in [1.54, 1.807) is 36.7 Å². The number of halogens is 1. The van der Waals surface area contributed by atoms with Crippen LogP contribution in [0, 0.1) is 11.7 Å². The molecule has 2 aromatic heterocycles. The number of benzene rings is 2. The second kappa shape index (κ2) is 12.2. The number of hydrogen-bond donors (Lipinski definition) is 4. The predicted octanol–water partition coefficient (Wildman–Crippen LogP) is 2.08. The first-order valence-electron chi connectivity index (χ1n) is 14.3. The van der Waals surface area contributed by atoms with Crippen molar-refractivity contribution >= 4 is 17.9 Å². The minimum Gasteiger partial charge on any atom is -0.378 e. The zero-order valence-corrected chi connectivity index (χ0v) is 23.0. The molecule has 42 heavy (non-hydrogen) atoms. The number of imidazole rings is 1. The van der Waals surface area contributed by atoms with Crippen molar-refractivity contribution in [3.63, 3.8) is 0 Å². The van der Waals surface area contributed by atoms with Crippen LogP contribution < -0.4 is 27.1 Å². The molecule has 2 atom stereocenters. The van der Waals surface area contributed by atoms with Gasteiger partial charge in [0.25, 0.3) is 11.1 Å². The molecular weight excluding hydrogens is 537 g/mol. The molecule has 9 nitrogen and oxygen atoms in total. The van der Waals surface area contributed by atoms with Gasteiger partial charge in [-0.3, -0.25) is 14.4 Å². The summed E-state index contributed by atoms with van der Waals surface area (Å²) in [5.41, 5.74) is 1.84. The minimum absolute atomic E-state index is 0.0525. The summed E-state index contributed by atoms with van der Waals surface area (Å²) in [5, 5.41) is 3.71. The van der Waals surface area contributed by atoms with Crippen molar-refractivity contribution in [2.24, 2.45) is 5.92 Å². The number of hydrogen-bond acceptors (Lipinski definition) is 6. The van der Waals surface area contributed by atoms with Gasteiger partial charge in [0.1, 0.15) is 16.5 Å². The van der Waals surface area contributed by atoms with Gasteiger partial charge in [-0.25, -0.2) is 9.37 Å². The van der Waals surface area contributed by atoms with Crippen molar-refractivity contribution in [3.8, 4) is 0 Å². The van der Waals surface area contributed by atoms with Gasteiger partial charge < -0.3 is 25.0 Å². The van der Waals surface area contributed by atoms with Crippen LogP contribution in [0.4, 0.5) is 4.39 Å². The molecule has 1 saturated carbocycles. The Labute approximate surface area is 240 Å². The van der Waals surface area contributed by atoms with Gasteiger partial charge in [0.05, 0.1) is 25.2 Å². The van der Waals surface area contributed by atoms with Gasteiger partial charge in [0.2, 0.25) is 0 Å². The maximum Gasteiger partial charge on any atom is 0.272 e. The molecule has 0 radical (unpaired) electrons. The Morgan fingerprint density at radius 1 is 1.02 bits per heavy atom. The maximum atomic E-state index is 13.3. The second-order valence-corrected chi connectivity index (χ2v) is 10.9. The van der Waals surface area contributed by atoms with Crippen LogP contribution in [0.25, 0.3) is 12.2 Å². The lowest BCUT2D eigenvalue weighted by Crippen LogP contribution is -2.47. The smallest absolute Gasteiger partial charge is 0.272 e. The standard InChI is InChI=1S/C32H32FN5O4/c33-23-9-7-21(8-10-23)30(39)22-3-1-2-20(14-22)15-26-31(40)38-27(32(41)37-26)16-25-29(36-18-35-25)24(11-6-19-4-5-19)28-17-42-13-12-34-28/h1-3,7-10,14-16,18-19,24,28,34H,4-6,11-13,17H2,(H,35,36)(H,37,41)(H,38,40)/b26-15-,27-16-. The largest absolute Gasteiger partial charge is 0.378 e. The SMILES string of the molecule is O=C(c1ccc(F)cc1)c1cccc(/C=c2\[nH]c(=O)/c(=C/c3nc[nH]c3C(CCC3CC3)C3COCCN3)[nH]c2=O)c1. The third kappa shape index (κ3) is 6.40. The molecule has 10 heteroatoms. The minimum atomic E-state index is -0.485. The highest BCUT2D eigenvalue weighted by Crippen LogP contribution is 2.38. The molecule has 1 aliphatic heterocycles. The van der Waals surface area contributed by atoms with Crippen molar-refractivity contribution in [3.05, 3.63) is 120 Å². The fraction of sp³-hybridized carbons (Fsp3) is 0.312. The molecular formula is C32H32FN5O4. The molecule has 0 bridgehead atoms. The van der Waals surface area contributed by atoms with E-state index in [2.05, 4.69) is 25.3 Å². The summed E-state index contributed by atoms with van der Waals surface area (Å²) in [6.07, 6.45) is 9.37. The highest BCUT2D eigenvalue weighted by Gasteiger charge is 2.31. The second-order valence-electron chi connectivity index (χ2n) is 10.9. The molecule has 1 aliphatic carbocycles. The van der Waals surface area contributed by atoms with Crippen LogP contribution in [0.2, 0.25) is 0 Å². The third-order valence-electron chi connectivity index (χ3n) is 7.92. The van der Waals surface area contributed by atoms with Gasteiger partial charge in [-0.05, 0) is 66.8 Å². The number of ketones is 1. The Bertz CT molecular complexity index is 1810. The Balaban J connectivity index is 1.30. The third-order valence-corrected chi connectivity index (χ3v) is 7.92. The van der Waals surface area contributed by atoms with Crippen LogP contribution in [-0.2, 0) is 4.74 Å². The summed E-state index contributed by atoms with van der Waals surface area (Å²) < 4.78 is 19.0. The molecule has 4 aromatic rings. The van der Waals surface area contributed by atoms with Gasteiger partial charge in [0.15, 0.2) is 5.78 Å². The van der Waals surface area contributed by atoms with E-state index >= 15 is 0 Å². The Morgan fingerprint density at radius 2 is 1.79 bits per heavy atom. The molecule has 3 heterocycles. The molecule has 0 amide bonds. The average Bonchev–Trinajstić information content (AvgIpc) is 3.73. The van der Waals surface area contributed by atoms with Gasteiger partial charge in [-0.2, -0.15) is 0 Å². The normalized spacial score (nSPS) is 18.7. The molecule has 2 aliphatic rings. The first kappa shape index (κ1) is 27.7. The van der Waals surface area contributed by atoms with Crippen LogP contribution in [-0.4, -0.2) is 51.5 Å². The number of carbonyl (C=O) groups is 1.